The summed E-state index contributed by atoms with van der Waals surface area (Å²) in [5, 5.41) is 0.658. The number of hydrogen-bond donors (Lipinski definition) is 0. The SMILES string of the molecule is CC(C)Oc1nccn2cc(-c3ccc(F)cc3)nc12.CSc1nccc(-c2c(-c3ccc(F)cc3)nc3c(OC(C)C)nccn23)n1. The van der Waals surface area contributed by atoms with E-state index in [1.54, 1.807) is 42.9 Å². The van der Waals surface area contributed by atoms with Crippen molar-refractivity contribution < 1.29 is 18.3 Å². The molecule has 5 aromatic heterocycles. The monoisotopic (exact) mass is 666 g/mol. The maximum atomic E-state index is 13.5. The van der Waals surface area contributed by atoms with Gasteiger partial charge in [0.05, 0.1) is 35.0 Å². The molecule has 0 unspecified atom stereocenters. The molecule has 0 aliphatic heterocycles. The molecule has 7 rings (SSSR count). The van der Waals surface area contributed by atoms with Crippen molar-refractivity contribution in [1.29, 1.82) is 0 Å². The highest BCUT2D eigenvalue weighted by Crippen LogP contribution is 2.34. The Bertz CT molecular complexity index is 2170. The van der Waals surface area contributed by atoms with Gasteiger partial charge in [0, 0.05) is 48.3 Å². The largest absolute Gasteiger partial charge is 0.472 e. The van der Waals surface area contributed by atoms with Gasteiger partial charge in [-0.15, -0.1) is 0 Å². The van der Waals surface area contributed by atoms with E-state index in [-0.39, 0.29) is 23.8 Å². The zero-order valence-electron chi connectivity index (χ0n) is 26.9. The van der Waals surface area contributed by atoms with Crippen LogP contribution in [0.15, 0.2) is 96.9 Å². The van der Waals surface area contributed by atoms with Crippen LogP contribution < -0.4 is 9.47 Å². The van der Waals surface area contributed by atoms with Gasteiger partial charge in [-0.25, -0.2) is 38.7 Å². The second kappa shape index (κ2) is 14.1. The summed E-state index contributed by atoms with van der Waals surface area (Å²) in [6.45, 7) is 7.75. The first-order valence-corrected chi connectivity index (χ1v) is 16.4. The second-order valence-corrected chi connectivity index (χ2v) is 11.9. The Hall–Kier alpha value is -5.43. The van der Waals surface area contributed by atoms with Gasteiger partial charge >= 0.3 is 0 Å². The Labute approximate surface area is 279 Å². The Balaban J connectivity index is 0.000000177. The lowest BCUT2D eigenvalue weighted by atomic mass is 10.1. The predicted molar refractivity (Wildman–Crippen MR) is 181 cm³/mol. The van der Waals surface area contributed by atoms with Crippen molar-refractivity contribution in [1.82, 2.24) is 38.7 Å². The van der Waals surface area contributed by atoms with Crippen molar-refractivity contribution in [3.05, 3.63) is 103 Å². The molecule has 0 bridgehead atoms. The fourth-order valence-electron chi connectivity index (χ4n) is 4.85. The van der Waals surface area contributed by atoms with Gasteiger partial charge in [-0.1, -0.05) is 11.8 Å². The molecule has 0 radical (unpaired) electrons. The summed E-state index contributed by atoms with van der Waals surface area (Å²) >= 11 is 1.46. The van der Waals surface area contributed by atoms with Gasteiger partial charge in [0.2, 0.25) is 11.3 Å². The second-order valence-electron chi connectivity index (χ2n) is 11.1. The van der Waals surface area contributed by atoms with E-state index in [1.807, 2.05) is 67.4 Å². The van der Waals surface area contributed by atoms with Gasteiger partial charge in [-0.2, -0.15) is 0 Å². The quantitative estimate of drug-likeness (QED) is 0.119. The van der Waals surface area contributed by atoms with Crippen LogP contribution in [-0.2, 0) is 0 Å². The van der Waals surface area contributed by atoms with Crippen LogP contribution in [0.25, 0.3) is 45.2 Å². The van der Waals surface area contributed by atoms with Crippen molar-refractivity contribution in [2.75, 3.05) is 6.26 Å². The van der Waals surface area contributed by atoms with E-state index in [0.29, 0.717) is 39.6 Å². The number of fused-ring (bicyclic) bond motifs is 2. The predicted octanol–water partition coefficient (Wildman–Crippen LogP) is 7.82. The molecule has 7 aromatic rings. The molecule has 0 N–H and O–H groups in total. The van der Waals surface area contributed by atoms with Crippen molar-refractivity contribution in [3.63, 3.8) is 0 Å². The van der Waals surface area contributed by atoms with Gasteiger partial charge in [0.25, 0.3) is 11.8 Å². The number of ether oxygens (including phenoxy) is 2. The minimum Gasteiger partial charge on any atom is -0.472 e. The number of hydrogen-bond acceptors (Lipinski definition) is 9. The van der Waals surface area contributed by atoms with E-state index in [2.05, 4.69) is 24.9 Å². The van der Waals surface area contributed by atoms with Crippen LogP contribution in [0.5, 0.6) is 11.8 Å². The summed E-state index contributed by atoms with van der Waals surface area (Å²) in [4.78, 5) is 26.7. The highest BCUT2D eigenvalue weighted by Gasteiger charge is 2.21. The molecule has 244 valence electrons. The Morgan fingerprint density at radius 1 is 0.646 bits per heavy atom. The van der Waals surface area contributed by atoms with Crippen molar-refractivity contribution in [2.45, 2.75) is 45.1 Å². The molecule has 0 atom stereocenters. The van der Waals surface area contributed by atoms with E-state index in [0.717, 1.165) is 22.5 Å². The van der Waals surface area contributed by atoms with Gasteiger partial charge in [0.1, 0.15) is 11.6 Å². The molecule has 0 spiro atoms. The molecule has 48 heavy (non-hydrogen) atoms. The maximum Gasteiger partial charge on any atom is 0.258 e. The Morgan fingerprint density at radius 2 is 1.25 bits per heavy atom. The van der Waals surface area contributed by atoms with E-state index < -0.39 is 0 Å². The summed E-state index contributed by atoms with van der Waals surface area (Å²) in [5.74, 6) is 0.372. The first kappa shape index (κ1) is 32.5. The number of nitrogens with zero attached hydrogens (tertiary/aromatic N) is 8. The molecular weight excluding hydrogens is 635 g/mol. The van der Waals surface area contributed by atoms with Gasteiger partial charge < -0.3 is 13.9 Å². The van der Waals surface area contributed by atoms with Crippen molar-refractivity contribution >= 4 is 23.1 Å². The molecule has 0 aliphatic rings. The molecule has 5 heterocycles. The van der Waals surface area contributed by atoms with E-state index in [4.69, 9.17) is 14.5 Å². The first-order chi connectivity index (χ1) is 23.2. The Morgan fingerprint density at radius 3 is 1.88 bits per heavy atom. The minimum atomic E-state index is -0.300. The summed E-state index contributed by atoms with van der Waals surface area (Å²) in [7, 11) is 0. The molecule has 2 aromatic carbocycles. The average Bonchev–Trinajstić information content (AvgIpc) is 3.69. The number of thioether (sulfide) groups is 1. The first-order valence-electron chi connectivity index (χ1n) is 15.1. The molecule has 10 nitrogen and oxygen atoms in total. The zero-order chi connectivity index (χ0) is 33.8. The topological polar surface area (TPSA) is 105 Å². The van der Waals surface area contributed by atoms with Crippen LogP contribution in [-0.4, -0.2) is 57.2 Å². The molecule has 13 heteroatoms. The lowest BCUT2D eigenvalue weighted by Gasteiger charge is -2.09. The number of imidazole rings is 2. The molecule has 0 aliphatic carbocycles. The summed E-state index contributed by atoms with van der Waals surface area (Å²) in [6, 6.07) is 14.3. The van der Waals surface area contributed by atoms with Gasteiger partial charge in [-0.05, 0) is 88.5 Å². The highest BCUT2D eigenvalue weighted by molar-refractivity contribution is 7.98. The average molecular weight is 667 g/mol. The fourth-order valence-corrected chi connectivity index (χ4v) is 5.20. The lowest BCUT2D eigenvalue weighted by molar-refractivity contribution is 0.234. The number of benzene rings is 2. The molecular formula is C35H32F2N8O2S. The third kappa shape index (κ3) is 7.10. The highest BCUT2D eigenvalue weighted by atomic mass is 32.2. The maximum absolute atomic E-state index is 13.5. The minimum absolute atomic E-state index is 0.0275. The van der Waals surface area contributed by atoms with E-state index in [1.165, 1.54) is 36.0 Å². The number of aromatic nitrogens is 8. The number of rotatable bonds is 8. The zero-order valence-corrected chi connectivity index (χ0v) is 27.7. The van der Waals surface area contributed by atoms with Crippen molar-refractivity contribution in [2.24, 2.45) is 0 Å². The summed E-state index contributed by atoms with van der Waals surface area (Å²) in [5.41, 5.74) is 5.78. The standard InChI is InChI=1S/C20H18FN5OS.C15H14FN3O/c1-12(2)27-19-18-25-16(13-4-6-14(21)7-5-13)17(26(18)11-10-22-19)15-8-9-23-20(24-15)28-3;1-10(2)20-15-14-18-13(9-19(14)8-7-17-15)11-3-5-12(16)6-4-11/h4-12H,1-3H3;3-10H,1-2H3. The van der Waals surface area contributed by atoms with Crippen LogP contribution in [0.1, 0.15) is 27.7 Å². The molecule has 0 amide bonds. The third-order valence-electron chi connectivity index (χ3n) is 6.86. The molecule has 0 saturated heterocycles. The lowest BCUT2D eigenvalue weighted by Crippen LogP contribution is -2.08. The summed E-state index contributed by atoms with van der Waals surface area (Å²) in [6.07, 6.45) is 12.5. The van der Waals surface area contributed by atoms with Crippen LogP contribution in [0.2, 0.25) is 0 Å². The van der Waals surface area contributed by atoms with Gasteiger partial charge in [-0.3, -0.25) is 4.40 Å². The smallest absolute Gasteiger partial charge is 0.258 e. The normalized spacial score (nSPS) is 11.3. The molecule has 0 saturated carbocycles. The van der Waals surface area contributed by atoms with Crippen LogP contribution in [0, 0.1) is 11.6 Å². The van der Waals surface area contributed by atoms with Crippen molar-refractivity contribution in [3.8, 4) is 45.7 Å². The van der Waals surface area contributed by atoms with E-state index in [9.17, 15) is 8.78 Å². The van der Waals surface area contributed by atoms with E-state index >= 15 is 0 Å². The van der Waals surface area contributed by atoms with Crippen LogP contribution >= 0.6 is 11.8 Å². The summed E-state index contributed by atoms with van der Waals surface area (Å²) < 4.78 is 41.6. The van der Waals surface area contributed by atoms with Crippen LogP contribution in [0.4, 0.5) is 8.78 Å². The van der Waals surface area contributed by atoms with Crippen LogP contribution in [0.3, 0.4) is 0 Å². The Kier molecular flexibility index (Phi) is 9.57. The number of halogens is 2. The molecule has 0 fully saturated rings. The fraction of sp³-hybridized carbons (Fsp3) is 0.200. The van der Waals surface area contributed by atoms with Gasteiger partial charge in [0.15, 0.2) is 5.16 Å². The third-order valence-corrected chi connectivity index (χ3v) is 7.43.